The zero-order valence-electron chi connectivity index (χ0n) is 10.6. The highest BCUT2D eigenvalue weighted by atomic mass is 79.9. The Bertz CT molecular complexity index is 674. The molecule has 0 unspecified atom stereocenters. The van der Waals surface area contributed by atoms with Gasteiger partial charge in [-0.1, -0.05) is 21.1 Å². The van der Waals surface area contributed by atoms with Gasteiger partial charge in [-0.25, -0.2) is 4.39 Å². The van der Waals surface area contributed by atoms with Crippen LogP contribution < -0.4 is 10.5 Å². The van der Waals surface area contributed by atoms with Crippen LogP contribution in [-0.2, 0) is 0 Å². The minimum absolute atomic E-state index is 0.0740. The summed E-state index contributed by atoms with van der Waals surface area (Å²) < 4.78 is 20.4. The van der Waals surface area contributed by atoms with Gasteiger partial charge in [0.1, 0.15) is 5.75 Å². The molecule has 2 rings (SSSR count). The Kier molecular flexibility index (Phi) is 4.24. The van der Waals surface area contributed by atoms with Crippen LogP contribution in [0.2, 0.25) is 0 Å². The monoisotopic (exact) mass is 338 g/mol. The molecule has 0 fully saturated rings. The van der Waals surface area contributed by atoms with E-state index >= 15 is 0 Å². The van der Waals surface area contributed by atoms with E-state index in [9.17, 15) is 4.39 Å². The summed E-state index contributed by atoms with van der Waals surface area (Å²) in [6.07, 6.45) is 0. The molecule has 0 spiro atoms. The van der Waals surface area contributed by atoms with Crippen molar-refractivity contribution < 1.29 is 14.3 Å². The van der Waals surface area contributed by atoms with E-state index in [2.05, 4.69) is 21.1 Å². The summed E-state index contributed by atoms with van der Waals surface area (Å²) in [7, 11) is 0. The molecule has 104 valence electrons. The summed E-state index contributed by atoms with van der Waals surface area (Å²) in [5.74, 6) is -0.111. The van der Waals surface area contributed by atoms with Gasteiger partial charge in [0.15, 0.2) is 17.4 Å². The van der Waals surface area contributed by atoms with Crippen molar-refractivity contribution in [2.45, 2.75) is 6.92 Å². The quantitative estimate of drug-likeness (QED) is 0.387. The van der Waals surface area contributed by atoms with Crippen LogP contribution >= 0.6 is 15.9 Å². The van der Waals surface area contributed by atoms with Crippen LogP contribution in [0, 0.1) is 12.7 Å². The van der Waals surface area contributed by atoms with E-state index in [4.69, 9.17) is 15.7 Å². The number of oxime groups is 1. The Morgan fingerprint density at radius 2 is 1.95 bits per heavy atom. The van der Waals surface area contributed by atoms with Gasteiger partial charge in [-0.3, -0.25) is 0 Å². The van der Waals surface area contributed by atoms with Crippen LogP contribution in [0.15, 0.2) is 46.0 Å². The first-order valence-electron chi connectivity index (χ1n) is 5.72. The smallest absolute Gasteiger partial charge is 0.170 e. The standard InChI is InChI=1S/C14H12BrFN2O2/c1-8-6-10(15)3-5-12(8)20-13-4-2-9(7-11(13)16)14(17)18-19/h2-7,19H,1H3,(H2,17,18). The Morgan fingerprint density at radius 3 is 2.55 bits per heavy atom. The summed E-state index contributed by atoms with van der Waals surface area (Å²) in [5.41, 5.74) is 6.55. The zero-order valence-corrected chi connectivity index (χ0v) is 12.2. The number of nitrogens with zero attached hydrogens (tertiary/aromatic N) is 1. The zero-order chi connectivity index (χ0) is 14.7. The van der Waals surface area contributed by atoms with Crippen LogP contribution in [0.5, 0.6) is 11.5 Å². The fraction of sp³-hybridized carbons (Fsp3) is 0.0714. The third kappa shape index (κ3) is 3.08. The first-order chi connectivity index (χ1) is 9.51. The van der Waals surface area contributed by atoms with Crippen molar-refractivity contribution in [3.8, 4) is 11.5 Å². The largest absolute Gasteiger partial charge is 0.454 e. The number of ether oxygens (including phenoxy) is 1. The topological polar surface area (TPSA) is 67.8 Å². The Morgan fingerprint density at radius 1 is 1.25 bits per heavy atom. The van der Waals surface area contributed by atoms with Gasteiger partial charge in [0.2, 0.25) is 0 Å². The summed E-state index contributed by atoms with van der Waals surface area (Å²) in [6.45, 7) is 1.86. The second-order valence-corrected chi connectivity index (χ2v) is 5.06. The number of halogens is 2. The van der Waals surface area contributed by atoms with Gasteiger partial charge in [-0.2, -0.15) is 0 Å². The molecular weight excluding hydrogens is 327 g/mol. The first-order valence-corrected chi connectivity index (χ1v) is 6.52. The lowest BCUT2D eigenvalue weighted by Crippen LogP contribution is -2.13. The van der Waals surface area contributed by atoms with Crippen LogP contribution in [0.1, 0.15) is 11.1 Å². The number of aryl methyl sites for hydroxylation is 1. The van der Waals surface area contributed by atoms with Gasteiger partial charge in [0.05, 0.1) is 0 Å². The lowest BCUT2D eigenvalue weighted by molar-refractivity contribution is 0.318. The fourth-order valence-corrected chi connectivity index (χ4v) is 2.12. The molecular formula is C14H12BrFN2O2. The van der Waals surface area contributed by atoms with E-state index in [0.29, 0.717) is 5.75 Å². The molecule has 2 aromatic carbocycles. The molecule has 6 heteroatoms. The van der Waals surface area contributed by atoms with Crippen molar-refractivity contribution in [3.05, 3.63) is 57.8 Å². The van der Waals surface area contributed by atoms with E-state index in [0.717, 1.165) is 16.1 Å². The Labute approximate surface area is 123 Å². The molecule has 0 atom stereocenters. The molecule has 0 radical (unpaired) electrons. The van der Waals surface area contributed by atoms with Gasteiger partial charge in [0, 0.05) is 10.0 Å². The number of benzene rings is 2. The molecule has 2 aromatic rings. The molecule has 0 saturated carbocycles. The number of rotatable bonds is 3. The highest BCUT2D eigenvalue weighted by Crippen LogP contribution is 2.29. The van der Waals surface area contributed by atoms with E-state index in [1.54, 1.807) is 6.07 Å². The molecule has 0 aliphatic heterocycles. The average molecular weight is 339 g/mol. The van der Waals surface area contributed by atoms with Gasteiger partial charge in [-0.05, 0) is 48.9 Å². The number of hydrogen-bond acceptors (Lipinski definition) is 3. The highest BCUT2D eigenvalue weighted by molar-refractivity contribution is 9.10. The van der Waals surface area contributed by atoms with Crippen LogP contribution in [0.25, 0.3) is 0 Å². The maximum Gasteiger partial charge on any atom is 0.170 e. The van der Waals surface area contributed by atoms with Crippen LogP contribution in [0.3, 0.4) is 0 Å². The maximum absolute atomic E-state index is 13.9. The summed E-state index contributed by atoms with van der Waals surface area (Å²) >= 11 is 3.35. The molecule has 0 aromatic heterocycles. The van der Waals surface area contributed by atoms with Crippen molar-refractivity contribution in [1.29, 1.82) is 0 Å². The normalized spacial score (nSPS) is 11.4. The van der Waals surface area contributed by atoms with E-state index < -0.39 is 5.82 Å². The van der Waals surface area contributed by atoms with E-state index in [1.165, 1.54) is 12.1 Å². The third-order valence-electron chi connectivity index (χ3n) is 2.69. The van der Waals surface area contributed by atoms with E-state index in [-0.39, 0.29) is 17.1 Å². The fourth-order valence-electron chi connectivity index (χ4n) is 1.65. The van der Waals surface area contributed by atoms with Gasteiger partial charge >= 0.3 is 0 Å². The van der Waals surface area contributed by atoms with Crippen LogP contribution in [-0.4, -0.2) is 11.0 Å². The molecule has 0 bridgehead atoms. The Balaban J connectivity index is 2.30. The van der Waals surface area contributed by atoms with E-state index in [1.807, 2.05) is 19.1 Å². The second kappa shape index (κ2) is 5.92. The van der Waals surface area contributed by atoms with Crippen LogP contribution in [0.4, 0.5) is 4.39 Å². The van der Waals surface area contributed by atoms with Crippen molar-refractivity contribution in [2.24, 2.45) is 10.9 Å². The molecule has 0 saturated heterocycles. The molecule has 0 heterocycles. The molecule has 0 amide bonds. The van der Waals surface area contributed by atoms with Gasteiger partial charge in [0.25, 0.3) is 0 Å². The lowest BCUT2D eigenvalue weighted by Gasteiger charge is -2.10. The number of amidine groups is 1. The number of nitrogens with two attached hydrogens (primary N) is 1. The van der Waals surface area contributed by atoms with Crippen molar-refractivity contribution in [1.82, 2.24) is 0 Å². The SMILES string of the molecule is Cc1cc(Br)ccc1Oc1ccc(C(N)=NO)cc1F. The van der Waals surface area contributed by atoms with Gasteiger partial charge in [-0.15, -0.1) is 0 Å². The minimum Gasteiger partial charge on any atom is -0.454 e. The number of hydrogen-bond donors (Lipinski definition) is 2. The first kappa shape index (κ1) is 14.3. The minimum atomic E-state index is -0.587. The highest BCUT2D eigenvalue weighted by Gasteiger charge is 2.10. The predicted octanol–water partition coefficient (Wildman–Crippen LogP) is 3.78. The summed E-state index contributed by atoms with van der Waals surface area (Å²) in [5, 5.41) is 11.4. The van der Waals surface area contributed by atoms with Crippen molar-refractivity contribution in [2.75, 3.05) is 0 Å². The molecule has 4 nitrogen and oxygen atoms in total. The maximum atomic E-state index is 13.9. The lowest BCUT2D eigenvalue weighted by atomic mass is 10.2. The molecule has 0 aliphatic rings. The molecule has 20 heavy (non-hydrogen) atoms. The second-order valence-electron chi connectivity index (χ2n) is 4.14. The summed E-state index contributed by atoms with van der Waals surface area (Å²) in [6, 6.07) is 9.53. The van der Waals surface area contributed by atoms with Crippen molar-refractivity contribution in [3.63, 3.8) is 0 Å². The molecule has 3 N–H and O–H groups in total. The van der Waals surface area contributed by atoms with Crippen molar-refractivity contribution >= 4 is 21.8 Å². The predicted molar refractivity (Wildman–Crippen MR) is 77.9 cm³/mol. The summed E-state index contributed by atoms with van der Waals surface area (Å²) in [4.78, 5) is 0. The Hall–Kier alpha value is -2.08. The third-order valence-corrected chi connectivity index (χ3v) is 3.19. The van der Waals surface area contributed by atoms with Gasteiger partial charge < -0.3 is 15.7 Å². The molecule has 0 aliphatic carbocycles. The average Bonchev–Trinajstić information content (AvgIpc) is 2.42.